The summed E-state index contributed by atoms with van der Waals surface area (Å²) in [5, 5.41) is 0. The maximum atomic E-state index is 12.7. The molecule has 1 aliphatic heterocycles. The van der Waals surface area contributed by atoms with E-state index in [2.05, 4.69) is 28.1 Å². The van der Waals surface area contributed by atoms with Crippen LogP contribution in [0.3, 0.4) is 0 Å². The summed E-state index contributed by atoms with van der Waals surface area (Å²) in [6, 6.07) is 8.29. The van der Waals surface area contributed by atoms with E-state index in [0.717, 1.165) is 17.3 Å². The number of benzene rings is 1. The van der Waals surface area contributed by atoms with Crippen LogP contribution < -0.4 is 0 Å². The van der Waals surface area contributed by atoms with Gasteiger partial charge in [0, 0.05) is 4.47 Å². The largest absolute Gasteiger partial charge is 0.444 e. The van der Waals surface area contributed by atoms with Crippen molar-refractivity contribution in [2.45, 2.75) is 77.9 Å². The van der Waals surface area contributed by atoms with E-state index in [1.54, 1.807) is 4.90 Å². The number of nitrogens with zero attached hydrogens (tertiary/aromatic N) is 1. The smallest absolute Gasteiger partial charge is 0.412 e. The summed E-state index contributed by atoms with van der Waals surface area (Å²) >= 11 is 3.45. The number of hydrogen-bond acceptors (Lipinski definition) is 3. The van der Waals surface area contributed by atoms with Gasteiger partial charge in [0.25, 0.3) is 0 Å². The molecule has 0 saturated carbocycles. The summed E-state index contributed by atoms with van der Waals surface area (Å²) in [6.45, 7) is 11.5. The summed E-state index contributed by atoms with van der Waals surface area (Å²) < 4.78 is 12.7. The number of carbonyl (C=O) groups is 1. The van der Waals surface area contributed by atoms with Crippen molar-refractivity contribution in [1.29, 1.82) is 0 Å². The van der Waals surface area contributed by atoms with E-state index in [9.17, 15) is 4.79 Å². The number of amides is 1. The summed E-state index contributed by atoms with van der Waals surface area (Å²) in [4.78, 5) is 14.5. The Labute approximate surface area is 153 Å². The molecule has 0 spiro atoms. The molecule has 0 aromatic heterocycles. The molecule has 1 saturated heterocycles. The lowest BCUT2D eigenvalue weighted by Crippen LogP contribution is -2.50. The minimum Gasteiger partial charge on any atom is -0.444 e. The van der Waals surface area contributed by atoms with Gasteiger partial charge < -0.3 is 9.47 Å². The van der Waals surface area contributed by atoms with Crippen molar-refractivity contribution in [3.8, 4) is 0 Å². The zero-order chi connectivity index (χ0) is 18.1. The van der Waals surface area contributed by atoms with Gasteiger partial charge in [0.1, 0.15) is 11.3 Å². The molecule has 0 aliphatic carbocycles. The van der Waals surface area contributed by atoms with E-state index in [4.69, 9.17) is 9.47 Å². The molecule has 2 atom stereocenters. The molecule has 2 unspecified atom stereocenters. The summed E-state index contributed by atoms with van der Waals surface area (Å²) in [7, 11) is 0. The second-order valence-electron chi connectivity index (χ2n) is 7.85. The van der Waals surface area contributed by atoms with E-state index in [-0.39, 0.29) is 18.2 Å². The van der Waals surface area contributed by atoms with Gasteiger partial charge in [-0.3, -0.25) is 4.90 Å². The lowest BCUT2D eigenvalue weighted by Gasteiger charge is -2.35. The summed E-state index contributed by atoms with van der Waals surface area (Å²) in [5.41, 5.74) is 0.0701. The fraction of sp³-hybridized carbons (Fsp3) is 0.632. The molecule has 1 amide bonds. The van der Waals surface area contributed by atoms with Crippen LogP contribution in [0.4, 0.5) is 4.79 Å². The molecular weight excluding hydrogens is 370 g/mol. The molecule has 4 nitrogen and oxygen atoms in total. The van der Waals surface area contributed by atoms with Crippen molar-refractivity contribution >= 4 is 22.0 Å². The third kappa shape index (κ3) is 4.73. The predicted octanol–water partition coefficient (Wildman–Crippen LogP) is 5.14. The molecule has 0 bridgehead atoms. The van der Waals surface area contributed by atoms with E-state index in [1.807, 2.05) is 53.7 Å². The highest BCUT2D eigenvalue weighted by Crippen LogP contribution is 2.35. The fourth-order valence-corrected chi connectivity index (χ4v) is 3.46. The second-order valence-corrected chi connectivity index (χ2v) is 8.77. The number of carbonyl (C=O) groups excluding carboxylic acids is 1. The van der Waals surface area contributed by atoms with E-state index < -0.39 is 11.3 Å². The molecule has 1 aromatic carbocycles. The van der Waals surface area contributed by atoms with Gasteiger partial charge in [-0.2, -0.15) is 0 Å². The molecular formula is C19H28BrNO3. The minimum absolute atomic E-state index is 0.00139. The first-order chi connectivity index (χ1) is 11.0. The van der Waals surface area contributed by atoms with Gasteiger partial charge in [0.2, 0.25) is 0 Å². The van der Waals surface area contributed by atoms with Crippen LogP contribution in [0.25, 0.3) is 0 Å². The highest BCUT2D eigenvalue weighted by Gasteiger charge is 2.49. The Morgan fingerprint density at radius 3 is 2.42 bits per heavy atom. The number of hydrogen-bond donors (Lipinski definition) is 0. The Morgan fingerprint density at radius 1 is 1.29 bits per heavy atom. The normalized spacial score (nSPS) is 23.4. The average molecular weight is 398 g/mol. The van der Waals surface area contributed by atoms with Gasteiger partial charge in [-0.1, -0.05) is 28.1 Å². The predicted molar refractivity (Wildman–Crippen MR) is 99.0 cm³/mol. The minimum atomic E-state index is -0.661. The Morgan fingerprint density at radius 2 is 1.88 bits per heavy atom. The van der Waals surface area contributed by atoms with Crippen molar-refractivity contribution in [1.82, 2.24) is 4.90 Å². The molecule has 5 heteroatoms. The van der Waals surface area contributed by atoms with Gasteiger partial charge in [-0.05, 0) is 72.1 Å². The van der Waals surface area contributed by atoms with E-state index >= 15 is 0 Å². The van der Waals surface area contributed by atoms with Gasteiger partial charge in [0.05, 0.1) is 12.1 Å². The lowest BCUT2D eigenvalue weighted by atomic mass is 10.0. The molecule has 1 aromatic rings. The van der Waals surface area contributed by atoms with E-state index in [1.165, 1.54) is 5.56 Å². The molecule has 1 aliphatic rings. The van der Waals surface area contributed by atoms with Crippen molar-refractivity contribution in [2.75, 3.05) is 0 Å². The van der Waals surface area contributed by atoms with Crippen LogP contribution in [0.5, 0.6) is 0 Å². The van der Waals surface area contributed by atoms with Gasteiger partial charge >= 0.3 is 6.09 Å². The maximum Gasteiger partial charge on any atom is 0.412 e. The first kappa shape index (κ1) is 19.3. The monoisotopic (exact) mass is 397 g/mol. The van der Waals surface area contributed by atoms with Crippen molar-refractivity contribution in [2.24, 2.45) is 0 Å². The average Bonchev–Trinajstić information content (AvgIpc) is 2.65. The highest BCUT2D eigenvalue weighted by molar-refractivity contribution is 9.10. The van der Waals surface area contributed by atoms with Crippen LogP contribution in [0.15, 0.2) is 28.7 Å². The van der Waals surface area contributed by atoms with Crippen LogP contribution >= 0.6 is 15.9 Å². The van der Waals surface area contributed by atoms with Crippen molar-refractivity contribution < 1.29 is 14.3 Å². The van der Waals surface area contributed by atoms with Crippen LogP contribution in [0.2, 0.25) is 0 Å². The number of ether oxygens (including phenoxy) is 2. The van der Waals surface area contributed by atoms with Crippen LogP contribution in [0.1, 0.15) is 53.5 Å². The van der Waals surface area contributed by atoms with Crippen LogP contribution in [-0.2, 0) is 15.9 Å². The van der Waals surface area contributed by atoms with Crippen LogP contribution in [0, 0.1) is 0 Å². The molecule has 0 radical (unpaired) electrons. The van der Waals surface area contributed by atoms with E-state index in [0.29, 0.717) is 0 Å². The molecule has 134 valence electrons. The molecule has 1 heterocycles. The number of halogens is 1. The summed E-state index contributed by atoms with van der Waals surface area (Å²) in [6.07, 6.45) is 1.40. The highest BCUT2D eigenvalue weighted by atomic mass is 79.9. The van der Waals surface area contributed by atoms with Crippen LogP contribution in [-0.4, -0.2) is 34.5 Å². The van der Waals surface area contributed by atoms with Gasteiger partial charge in [-0.25, -0.2) is 4.79 Å². The summed E-state index contributed by atoms with van der Waals surface area (Å²) in [5.74, 6) is 0. The van der Waals surface area contributed by atoms with Gasteiger partial charge in [-0.15, -0.1) is 0 Å². The lowest BCUT2D eigenvalue weighted by molar-refractivity contribution is -0.0757. The fourth-order valence-electron chi connectivity index (χ4n) is 3.20. The zero-order valence-corrected chi connectivity index (χ0v) is 17.0. The topological polar surface area (TPSA) is 38.8 Å². The van der Waals surface area contributed by atoms with Crippen molar-refractivity contribution in [3.05, 3.63) is 34.3 Å². The maximum absolute atomic E-state index is 12.7. The molecule has 0 N–H and O–H groups in total. The Balaban J connectivity index is 2.12. The first-order valence-corrected chi connectivity index (χ1v) is 9.23. The third-order valence-electron chi connectivity index (χ3n) is 4.16. The zero-order valence-electron chi connectivity index (χ0n) is 15.4. The second kappa shape index (κ2) is 7.04. The molecule has 24 heavy (non-hydrogen) atoms. The van der Waals surface area contributed by atoms with Crippen molar-refractivity contribution in [3.63, 3.8) is 0 Å². The number of rotatable bonds is 3. The Hall–Kier alpha value is -1.07. The molecule has 1 fully saturated rings. The Kier molecular flexibility index (Phi) is 5.65. The first-order valence-electron chi connectivity index (χ1n) is 8.44. The number of aryl methyl sites for hydroxylation is 1. The SMILES string of the molecule is CC1OC(C)(C)N(C(=O)OC(C)(C)C)C1CCc1ccc(Br)cc1. The van der Waals surface area contributed by atoms with Gasteiger partial charge in [0.15, 0.2) is 0 Å². The third-order valence-corrected chi connectivity index (χ3v) is 4.69. The standard InChI is InChI=1S/C19H28BrNO3/c1-13-16(12-9-14-7-10-15(20)11-8-14)21(19(5,6)23-13)17(22)24-18(2,3)4/h7-8,10-11,13,16H,9,12H2,1-6H3. The molecule has 2 rings (SSSR count). The Bertz CT molecular complexity index is 577. The quantitative estimate of drug-likeness (QED) is 0.708.